The molecule has 1 unspecified atom stereocenters. The van der Waals surface area contributed by atoms with E-state index in [2.05, 4.69) is 10.3 Å². The van der Waals surface area contributed by atoms with E-state index in [1.54, 1.807) is 35.4 Å². The SMILES string of the molecule is Cn1ccnc1C1CNCCN1C(=O)c1cccc(C(N)=O)c1. The maximum atomic E-state index is 12.9. The first kappa shape index (κ1) is 15.2. The van der Waals surface area contributed by atoms with Crippen LogP contribution < -0.4 is 11.1 Å². The van der Waals surface area contributed by atoms with Crippen molar-refractivity contribution in [1.82, 2.24) is 19.8 Å². The van der Waals surface area contributed by atoms with Crippen molar-refractivity contribution in [1.29, 1.82) is 0 Å². The lowest BCUT2D eigenvalue weighted by Gasteiger charge is -2.35. The summed E-state index contributed by atoms with van der Waals surface area (Å²) >= 11 is 0. The van der Waals surface area contributed by atoms with Gasteiger partial charge in [0.2, 0.25) is 5.91 Å². The molecule has 1 aromatic carbocycles. The first-order chi connectivity index (χ1) is 11.1. The molecule has 1 atom stereocenters. The summed E-state index contributed by atoms with van der Waals surface area (Å²) in [6.07, 6.45) is 3.58. The minimum atomic E-state index is -0.541. The summed E-state index contributed by atoms with van der Waals surface area (Å²) in [6.45, 7) is 1.95. The average molecular weight is 313 g/mol. The van der Waals surface area contributed by atoms with E-state index in [9.17, 15) is 9.59 Å². The van der Waals surface area contributed by atoms with Crippen LogP contribution in [0, 0.1) is 0 Å². The highest BCUT2D eigenvalue weighted by Gasteiger charge is 2.31. The molecule has 0 saturated carbocycles. The summed E-state index contributed by atoms with van der Waals surface area (Å²) < 4.78 is 1.91. The van der Waals surface area contributed by atoms with Gasteiger partial charge in [-0.25, -0.2) is 4.98 Å². The molecule has 1 aliphatic heterocycles. The molecular weight excluding hydrogens is 294 g/mol. The Morgan fingerprint density at radius 2 is 2.13 bits per heavy atom. The zero-order chi connectivity index (χ0) is 16.4. The third kappa shape index (κ3) is 2.95. The standard InChI is InChI=1S/C16H19N5O2/c1-20-7-6-19-15(20)13-10-18-5-8-21(13)16(23)12-4-2-3-11(9-12)14(17)22/h2-4,6-7,9,13,18H,5,8,10H2,1H3,(H2,17,22). The number of nitrogens with one attached hydrogen (secondary N) is 1. The first-order valence-corrected chi connectivity index (χ1v) is 7.46. The largest absolute Gasteiger partial charge is 0.366 e. The topological polar surface area (TPSA) is 93.2 Å². The highest BCUT2D eigenvalue weighted by atomic mass is 16.2. The van der Waals surface area contributed by atoms with Gasteiger partial charge in [0.15, 0.2) is 0 Å². The van der Waals surface area contributed by atoms with Gasteiger partial charge in [0.25, 0.3) is 5.91 Å². The van der Waals surface area contributed by atoms with Gasteiger partial charge >= 0.3 is 0 Å². The Labute approximate surface area is 134 Å². The summed E-state index contributed by atoms with van der Waals surface area (Å²) in [4.78, 5) is 30.4. The lowest BCUT2D eigenvalue weighted by molar-refractivity contribution is 0.0621. The van der Waals surface area contributed by atoms with Crippen LogP contribution in [0.1, 0.15) is 32.6 Å². The molecule has 7 nitrogen and oxygen atoms in total. The zero-order valence-corrected chi connectivity index (χ0v) is 12.9. The van der Waals surface area contributed by atoms with E-state index in [4.69, 9.17) is 5.73 Å². The number of imidazole rings is 1. The third-order valence-electron chi connectivity index (χ3n) is 4.05. The number of benzene rings is 1. The molecule has 0 spiro atoms. The van der Waals surface area contributed by atoms with Crippen molar-refractivity contribution in [3.8, 4) is 0 Å². The number of amides is 2. The second-order valence-corrected chi connectivity index (χ2v) is 5.56. The minimum absolute atomic E-state index is 0.123. The zero-order valence-electron chi connectivity index (χ0n) is 12.9. The number of hydrogen-bond acceptors (Lipinski definition) is 4. The molecule has 7 heteroatoms. The highest BCUT2D eigenvalue weighted by molar-refractivity contribution is 5.99. The number of nitrogens with zero attached hydrogens (tertiary/aromatic N) is 3. The van der Waals surface area contributed by atoms with E-state index >= 15 is 0 Å². The summed E-state index contributed by atoms with van der Waals surface area (Å²) in [5.41, 5.74) is 6.09. The fourth-order valence-corrected chi connectivity index (χ4v) is 2.85. The fraction of sp³-hybridized carbons (Fsp3) is 0.312. The fourth-order valence-electron chi connectivity index (χ4n) is 2.85. The molecule has 3 N–H and O–H groups in total. The molecule has 1 saturated heterocycles. The summed E-state index contributed by atoms with van der Waals surface area (Å²) in [6, 6.07) is 6.38. The number of carbonyl (C=O) groups is 2. The van der Waals surface area contributed by atoms with E-state index in [0.29, 0.717) is 24.2 Å². The average Bonchev–Trinajstić information content (AvgIpc) is 3.00. The quantitative estimate of drug-likeness (QED) is 0.852. The summed E-state index contributed by atoms with van der Waals surface area (Å²) in [5.74, 6) is 0.166. The minimum Gasteiger partial charge on any atom is -0.366 e. The Balaban J connectivity index is 1.91. The number of primary amides is 1. The van der Waals surface area contributed by atoms with Crippen LogP contribution in [0.3, 0.4) is 0 Å². The van der Waals surface area contributed by atoms with Crippen molar-refractivity contribution < 1.29 is 9.59 Å². The number of hydrogen-bond donors (Lipinski definition) is 2. The number of piperazine rings is 1. The molecule has 1 aromatic heterocycles. The van der Waals surface area contributed by atoms with Gasteiger partial charge in [-0.05, 0) is 18.2 Å². The van der Waals surface area contributed by atoms with Crippen LogP contribution in [-0.4, -0.2) is 45.9 Å². The molecule has 3 rings (SSSR count). The monoisotopic (exact) mass is 313 g/mol. The summed E-state index contributed by atoms with van der Waals surface area (Å²) in [7, 11) is 1.91. The van der Waals surface area contributed by atoms with Gasteiger partial charge in [-0.3, -0.25) is 9.59 Å². The van der Waals surface area contributed by atoms with Gasteiger partial charge in [-0.15, -0.1) is 0 Å². The third-order valence-corrected chi connectivity index (χ3v) is 4.05. The lowest BCUT2D eigenvalue weighted by Crippen LogP contribution is -2.49. The van der Waals surface area contributed by atoms with Crippen molar-refractivity contribution in [2.75, 3.05) is 19.6 Å². The van der Waals surface area contributed by atoms with Gasteiger partial charge in [-0.2, -0.15) is 0 Å². The molecule has 0 bridgehead atoms. The van der Waals surface area contributed by atoms with Crippen molar-refractivity contribution in [3.05, 3.63) is 53.6 Å². The van der Waals surface area contributed by atoms with Gasteiger partial charge in [0, 0.05) is 50.2 Å². The Hall–Kier alpha value is -2.67. The smallest absolute Gasteiger partial charge is 0.254 e. The van der Waals surface area contributed by atoms with Crippen LogP contribution in [0.15, 0.2) is 36.7 Å². The maximum Gasteiger partial charge on any atom is 0.254 e. The highest BCUT2D eigenvalue weighted by Crippen LogP contribution is 2.23. The Kier molecular flexibility index (Phi) is 4.12. The Morgan fingerprint density at radius 1 is 1.35 bits per heavy atom. The van der Waals surface area contributed by atoms with Gasteiger partial charge in [0.05, 0.1) is 0 Å². The lowest BCUT2D eigenvalue weighted by atomic mass is 10.1. The van der Waals surface area contributed by atoms with Crippen molar-refractivity contribution in [2.45, 2.75) is 6.04 Å². The molecule has 2 amide bonds. The predicted molar refractivity (Wildman–Crippen MR) is 84.8 cm³/mol. The number of carbonyl (C=O) groups excluding carboxylic acids is 2. The molecule has 2 aromatic rings. The van der Waals surface area contributed by atoms with E-state index in [0.717, 1.165) is 12.4 Å². The van der Waals surface area contributed by atoms with Crippen LogP contribution in [0.25, 0.3) is 0 Å². The van der Waals surface area contributed by atoms with E-state index < -0.39 is 5.91 Å². The molecule has 1 aliphatic rings. The number of rotatable bonds is 3. The van der Waals surface area contributed by atoms with Crippen LogP contribution >= 0.6 is 0 Å². The normalized spacial score (nSPS) is 18.0. The number of nitrogens with two attached hydrogens (primary N) is 1. The summed E-state index contributed by atoms with van der Waals surface area (Å²) in [5, 5.41) is 3.29. The van der Waals surface area contributed by atoms with Crippen molar-refractivity contribution in [3.63, 3.8) is 0 Å². The van der Waals surface area contributed by atoms with Crippen LogP contribution in [0.4, 0.5) is 0 Å². The van der Waals surface area contributed by atoms with Crippen molar-refractivity contribution >= 4 is 11.8 Å². The van der Waals surface area contributed by atoms with Crippen molar-refractivity contribution in [2.24, 2.45) is 12.8 Å². The predicted octanol–water partition coefficient (Wildman–Crippen LogP) is 0.306. The van der Waals surface area contributed by atoms with E-state index in [1.807, 2.05) is 17.8 Å². The van der Waals surface area contributed by atoms with Gasteiger partial charge in [-0.1, -0.05) is 6.07 Å². The molecular formula is C16H19N5O2. The molecule has 23 heavy (non-hydrogen) atoms. The molecule has 1 fully saturated rings. The molecule has 2 heterocycles. The van der Waals surface area contributed by atoms with E-state index in [1.165, 1.54) is 0 Å². The van der Waals surface area contributed by atoms with Gasteiger partial charge < -0.3 is 20.5 Å². The number of aromatic nitrogens is 2. The van der Waals surface area contributed by atoms with E-state index in [-0.39, 0.29) is 11.9 Å². The second-order valence-electron chi connectivity index (χ2n) is 5.56. The molecule has 0 radical (unpaired) electrons. The molecule has 120 valence electrons. The maximum absolute atomic E-state index is 12.9. The first-order valence-electron chi connectivity index (χ1n) is 7.46. The van der Waals surface area contributed by atoms with Crippen LogP contribution in [-0.2, 0) is 7.05 Å². The van der Waals surface area contributed by atoms with Crippen LogP contribution in [0.2, 0.25) is 0 Å². The Morgan fingerprint density at radius 3 is 2.83 bits per heavy atom. The van der Waals surface area contributed by atoms with Crippen LogP contribution in [0.5, 0.6) is 0 Å². The number of aryl methyl sites for hydroxylation is 1. The Bertz CT molecular complexity index is 740. The van der Waals surface area contributed by atoms with Gasteiger partial charge in [0.1, 0.15) is 11.9 Å². The second kappa shape index (κ2) is 6.21. The molecule has 0 aliphatic carbocycles.